The Balaban J connectivity index is 0. The van der Waals surface area contributed by atoms with Crippen molar-refractivity contribution < 1.29 is 4.79 Å². The van der Waals surface area contributed by atoms with Gasteiger partial charge in [0, 0.05) is 17.8 Å². The van der Waals surface area contributed by atoms with Crippen LogP contribution in [-0.2, 0) is 4.79 Å². The van der Waals surface area contributed by atoms with Gasteiger partial charge in [-0.05, 0) is 40.1 Å². The number of carbonyl (C=O) groups is 1. The second-order valence-electron chi connectivity index (χ2n) is 5.20. The summed E-state index contributed by atoms with van der Waals surface area (Å²) < 4.78 is 0. The molecule has 0 aliphatic carbocycles. The number of halogens is 2. The lowest BCUT2D eigenvalue weighted by Gasteiger charge is -2.32. The molecule has 0 atom stereocenters. The average Bonchev–Trinajstić information content (AvgIpc) is 2.35. The van der Waals surface area contributed by atoms with Crippen molar-refractivity contribution in [3.63, 3.8) is 0 Å². The van der Waals surface area contributed by atoms with Crippen LogP contribution >= 0.6 is 24.8 Å². The normalized spacial score (nSPS) is 10.2. The lowest BCUT2D eigenvalue weighted by molar-refractivity contribution is -0.119. The van der Waals surface area contributed by atoms with Gasteiger partial charge in [-0.3, -0.25) is 4.79 Å². The lowest BCUT2D eigenvalue weighted by atomic mass is 10.0. The molecule has 4 nitrogen and oxygen atoms in total. The monoisotopic (exact) mass is 321 g/mol. The van der Waals surface area contributed by atoms with E-state index in [0.29, 0.717) is 13.1 Å². The first-order chi connectivity index (χ1) is 8.42. The molecule has 0 heterocycles. The molecule has 116 valence electrons. The molecule has 20 heavy (non-hydrogen) atoms. The van der Waals surface area contributed by atoms with Crippen LogP contribution in [0.4, 0.5) is 5.69 Å². The average molecular weight is 322 g/mol. The van der Waals surface area contributed by atoms with Crippen molar-refractivity contribution in [3.05, 3.63) is 30.3 Å². The minimum absolute atomic E-state index is 0. The van der Waals surface area contributed by atoms with Crippen molar-refractivity contribution in [2.24, 2.45) is 0 Å². The van der Waals surface area contributed by atoms with Gasteiger partial charge in [-0.15, -0.1) is 24.8 Å². The maximum Gasteiger partial charge on any atom is 0.239 e. The van der Waals surface area contributed by atoms with Gasteiger partial charge in [-0.25, -0.2) is 0 Å². The molecule has 2 N–H and O–H groups in total. The zero-order valence-corrected chi connectivity index (χ0v) is 14.1. The molecular weight excluding hydrogens is 297 g/mol. The van der Waals surface area contributed by atoms with Crippen molar-refractivity contribution in [1.82, 2.24) is 10.2 Å². The van der Waals surface area contributed by atoms with Gasteiger partial charge in [0.1, 0.15) is 0 Å². The zero-order chi connectivity index (χ0) is 13.6. The molecule has 1 aromatic carbocycles. The number of likely N-dealkylation sites (N-methyl/N-ethyl adjacent to an activating group) is 1. The fourth-order valence-electron chi connectivity index (χ4n) is 1.27. The summed E-state index contributed by atoms with van der Waals surface area (Å²) in [5.41, 5.74) is 0.919. The number of amides is 1. The van der Waals surface area contributed by atoms with Crippen molar-refractivity contribution in [3.8, 4) is 0 Å². The van der Waals surface area contributed by atoms with E-state index < -0.39 is 0 Å². The molecule has 0 radical (unpaired) electrons. The minimum Gasteiger partial charge on any atom is -0.376 e. The Kier molecular flexibility index (Phi) is 10.5. The van der Waals surface area contributed by atoms with Crippen LogP contribution < -0.4 is 10.6 Å². The van der Waals surface area contributed by atoms with Crippen molar-refractivity contribution in [2.45, 2.75) is 19.4 Å². The molecule has 1 aromatic rings. The first-order valence-electron chi connectivity index (χ1n) is 6.15. The Hall–Kier alpha value is -0.970. The standard InChI is InChI=1S/C14H23N3O.2ClH/c1-14(2,17(3)4)11-16-13(18)10-15-12-8-6-5-7-9-12;;/h5-9,15H,10-11H2,1-4H3,(H,16,18);2*1H. The molecule has 0 fully saturated rings. The third-order valence-corrected chi connectivity index (χ3v) is 3.16. The summed E-state index contributed by atoms with van der Waals surface area (Å²) in [5, 5.41) is 6.02. The van der Waals surface area contributed by atoms with E-state index in [9.17, 15) is 4.79 Å². The number of nitrogens with one attached hydrogen (secondary N) is 2. The molecule has 0 bridgehead atoms. The second-order valence-corrected chi connectivity index (χ2v) is 5.20. The molecule has 0 spiro atoms. The molecule has 0 saturated heterocycles. The SMILES string of the molecule is CN(C)C(C)(C)CNC(=O)CNc1ccccc1.Cl.Cl. The van der Waals surface area contributed by atoms with E-state index in [2.05, 4.69) is 29.4 Å². The maximum absolute atomic E-state index is 11.7. The van der Waals surface area contributed by atoms with E-state index in [0.717, 1.165) is 5.69 Å². The van der Waals surface area contributed by atoms with Gasteiger partial charge in [0.2, 0.25) is 5.91 Å². The summed E-state index contributed by atoms with van der Waals surface area (Å²) >= 11 is 0. The van der Waals surface area contributed by atoms with Crippen LogP contribution in [0.5, 0.6) is 0 Å². The van der Waals surface area contributed by atoms with Gasteiger partial charge in [0.15, 0.2) is 0 Å². The molecule has 1 amide bonds. The predicted molar refractivity (Wildman–Crippen MR) is 90.2 cm³/mol. The van der Waals surface area contributed by atoms with Gasteiger partial charge in [-0.2, -0.15) is 0 Å². The van der Waals surface area contributed by atoms with Gasteiger partial charge in [0.25, 0.3) is 0 Å². The maximum atomic E-state index is 11.7. The highest BCUT2D eigenvalue weighted by atomic mass is 35.5. The number of para-hydroxylation sites is 1. The summed E-state index contributed by atoms with van der Waals surface area (Å²) in [4.78, 5) is 13.8. The number of benzene rings is 1. The van der Waals surface area contributed by atoms with E-state index in [-0.39, 0.29) is 36.3 Å². The quantitative estimate of drug-likeness (QED) is 0.845. The van der Waals surface area contributed by atoms with Crippen LogP contribution in [0.15, 0.2) is 30.3 Å². The third kappa shape index (κ3) is 7.58. The summed E-state index contributed by atoms with van der Waals surface area (Å²) in [5.74, 6) is 0.00813. The molecule has 6 heteroatoms. The van der Waals surface area contributed by atoms with Gasteiger partial charge >= 0.3 is 0 Å². The number of hydrogen-bond donors (Lipinski definition) is 2. The van der Waals surface area contributed by atoms with Crippen LogP contribution in [0.25, 0.3) is 0 Å². The lowest BCUT2D eigenvalue weighted by Crippen LogP contribution is -2.49. The highest BCUT2D eigenvalue weighted by Gasteiger charge is 2.20. The number of anilines is 1. The first kappa shape index (κ1) is 21.3. The van der Waals surface area contributed by atoms with Crippen LogP contribution in [0.1, 0.15) is 13.8 Å². The fraction of sp³-hybridized carbons (Fsp3) is 0.500. The van der Waals surface area contributed by atoms with Gasteiger partial charge in [-0.1, -0.05) is 18.2 Å². The smallest absolute Gasteiger partial charge is 0.239 e. The number of nitrogens with zero attached hydrogens (tertiary/aromatic N) is 1. The molecule has 0 aliphatic heterocycles. The Morgan fingerprint density at radius 1 is 1.15 bits per heavy atom. The summed E-state index contributed by atoms with van der Waals surface area (Å²) in [6, 6.07) is 9.71. The first-order valence-corrected chi connectivity index (χ1v) is 6.15. The number of rotatable bonds is 6. The molecule has 0 unspecified atom stereocenters. The van der Waals surface area contributed by atoms with Gasteiger partial charge < -0.3 is 15.5 Å². The van der Waals surface area contributed by atoms with E-state index >= 15 is 0 Å². The number of hydrogen-bond acceptors (Lipinski definition) is 3. The summed E-state index contributed by atoms with van der Waals surface area (Å²) in [6.07, 6.45) is 0. The van der Waals surface area contributed by atoms with Crippen molar-refractivity contribution in [1.29, 1.82) is 0 Å². The Bertz CT molecular complexity index is 383. The molecule has 0 aliphatic rings. The molecular formula is C14H25Cl2N3O. The largest absolute Gasteiger partial charge is 0.376 e. The van der Waals surface area contributed by atoms with E-state index in [1.165, 1.54) is 0 Å². The topological polar surface area (TPSA) is 44.4 Å². The molecule has 0 saturated carbocycles. The Morgan fingerprint density at radius 3 is 2.20 bits per heavy atom. The van der Waals surface area contributed by atoms with Crippen molar-refractivity contribution in [2.75, 3.05) is 32.5 Å². The zero-order valence-electron chi connectivity index (χ0n) is 12.5. The third-order valence-electron chi connectivity index (χ3n) is 3.16. The minimum atomic E-state index is -0.0393. The van der Waals surface area contributed by atoms with Crippen LogP contribution in [-0.4, -0.2) is 43.5 Å². The Labute approximate surface area is 134 Å². The summed E-state index contributed by atoms with van der Waals surface area (Å²) in [6.45, 7) is 5.12. The van der Waals surface area contributed by atoms with E-state index in [1.807, 2.05) is 44.4 Å². The summed E-state index contributed by atoms with van der Waals surface area (Å²) in [7, 11) is 4.02. The Morgan fingerprint density at radius 2 is 1.70 bits per heavy atom. The highest BCUT2D eigenvalue weighted by molar-refractivity contribution is 5.85. The van der Waals surface area contributed by atoms with Crippen LogP contribution in [0.3, 0.4) is 0 Å². The molecule has 1 rings (SSSR count). The highest BCUT2D eigenvalue weighted by Crippen LogP contribution is 2.07. The fourth-order valence-corrected chi connectivity index (χ4v) is 1.27. The molecule has 0 aromatic heterocycles. The van der Waals surface area contributed by atoms with Crippen LogP contribution in [0.2, 0.25) is 0 Å². The van der Waals surface area contributed by atoms with Crippen LogP contribution in [0, 0.1) is 0 Å². The number of carbonyl (C=O) groups excluding carboxylic acids is 1. The van der Waals surface area contributed by atoms with Crippen molar-refractivity contribution >= 4 is 36.4 Å². The predicted octanol–water partition coefficient (Wildman–Crippen LogP) is 2.40. The van der Waals surface area contributed by atoms with E-state index in [4.69, 9.17) is 0 Å². The van der Waals surface area contributed by atoms with E-state index in [1.54, 1.807) is 0 Å². The second kappa shape index (κ2) is 9.86. The van der Waals surface area contributed by atoms with Gasteiger partial charge in [0.05, 0.1) is 6.54 Å².